The molecule has 1 unspecified atom stereocenters. The number of amides is 2. The molecule has 98 valence electrons. The zero-order chi connectivity index (χ0) is 13.7. The van der Waals surface area contributed by atoms with E-state index in [1.807, 2.05) is 0 Å². The number of likely N-dealkylation sites (N-methyl/N-ethyl adjacent to an activating group) is 1. The van der Waals surface area contributed by atoms with Crippen molar-refractivity contribution in [2.75, 3.05) is 6.54 Å². The van der Waals surface area contributed by atoms with Crippen LogP contribution in [0.15, 0.2) is 18.2 Å². The first-order valence-electron chi connectivity index (χ1n) is 5.80. The predicted molar refractivity (Wildman–Crippen MR) is 66.7 cm³/mol. The molecule has 0 saturated heterocycles. The van der Waals surface area contributed by atoms with Gasteiger partial charge in [-0.25, -0.2) is 4.39 Å². The van der Waals surface area contributed by atoms with E-state index in [1.54, 1.807) is 20.8 Å². The molecule has 0 radical (unpaired) electrons. The molecule has 0 aromatic heterocycles. The van der Waals surface area contributed by atoms with E-state index in [4.69, 9.17) is 0 Å². The average Bonchev–Trinajstić information content (AvgIpc) is 2.32. The van der Waals surface area contributed by atoms with Crippen molar-refractivity contribution in [1.29, 1.82) is 0 Å². The number of hydrogen-bond acceptors (Lipinski definition) is 2. The van der Waals surface area contributed by atoms with E-state index in [1.165, 1.54) is 12.1 Å². The van der Waals surface area contributed by atoms with Gasteiger partial charge in [0, 0.05) is 12.1 Å². The van der Waals surface area contributed by atoms with Crippen LogP contribution in [0.1, 0.15) is 29.8 Å². The zero-order valence-electron chi connectivity index (χ0n) is 10.7. The maximum atomic E-state index is 13.3. The van der Waals surface area contributed by atoms with Gasteiger partial charge in [-0.3, -0.25) is 9.59 Å². The summed E-state index contributed by atoms with van der Waals surface area (Å²) in [4.78, 5) is 23.2. The fourth-order valence-corrected chi connectivity index (χ4v) is 1.41. The standard InChI is InChI=1S/C13H17FN2O2/c1-4-15-12(17)9(3)16-13(18)10-6-5-8(2)11(14)7-10/h5-7,9H,4H2,1-3H3,(H,15,17)(H,16,18). The van der Waals surface area contributed by atoms with Crippen LogP contribution in [-0.2, 0) is 4.79 Å². The van der Waals surface area contributed by atoms with Crippen molar-refractivity contribution in [3.05, 3.63) is 35.1 Å². The normalized spacial score (nSPS) is 11.8. The summed E-state index contributed by atoms with van der Waals surface area (Å²) in [6, 6.07) is 3.57. The first-order valence-corrected chi connectivity index (χ1v) is 5.80. The molecule has 2 amide bonds. The second kappa shape index (κ2) is 6.14. The van der Waals surface area contributed by atoms with E-state index in [0.29, 0.717) is 12.1 Å². The van der Waals surface area contributed by atoms with Crippen molar-refractivity contribution in [2.24, 2.45) is 0 Å². The van der Waals surface area contributed by atoms with Crippen molar-refractivity contribution in [1.82, 2.24) is 10.6 Å². The molecule has 0 spiro atoms. The monoisotopic (exact) mass is 252 g/mol. The Labute approximate surface area is 106 Å². The molecule has 18 heavy (non-hydrogen) atoms. The van der Waals surface area contributed by atoms with Crippen LogP contribution in [0, 0.1) is 12.7 Å². The summed E-state index contributed by atoms with van der Waals surface area (Å²) in [5, 5.41) is 5.10. The van der Waals surface area contributed by atoms with Gasteiger partial charge in [0.05, 0.1) is 0 Å². The largest absolute Gasteiger partial charge is 0.355 e. The Kier molecular flexibility index (Phi) is 4.83. The van der Waals surface area contributed by atoms with Crippen LogP contribution >= 0.6 is 0 Å². The molecule has 0 aliphatic rings. The fourth-order valence-electron chi connectivity index (χ4n) is 1.41. The quantitative estimate of drug-likeness (QED) is 0.850. The lowest BCUT2D eigenvalue weighted by molar-refractivity contribution is -0.122. The van der Waals surface area contributed by atoms with Gasteiger partial charge in [-0.05, 0) is 38.5 Å². The topological polar surface area (TPSA) is 58.2 Å². The van der Waals surface area contributed by atoms with Gasteiger partial charge in [-0.15, -0.1) is 0 Å². The Hall–Kier alpha value is -1.91. The summed E-state index contributed by atoms with van der Waals surface area (Å²) in [6.07, 6.45) is 0. The van der Waals surface area contributed by atoms with E-state index in [-0.39, 0.29) is 11.5 Å². The van der Waals surface area contributed by atoms with Crippen LogP contribution < -0.4 is 10.6 Å². The molecule has 1 rings (SSSR count). The molecule has 2 N–H and O–H groups in total. The van der Waals surface area contributed by atoms with Crippen LogP contribution in [-0.4, -0.2) is 24.4 Å². The first kappa shape index (κ1) is 14.2. The van der Waals surface area contributed by atoms with Crippen molar-refractivity contribution < 1.29 is 14.0 Å². The van der Waals surface area contributed by atoms with Crippen molar-refractivity contribution in [3.8, 4) is 0 Å². The highest BCUT2D eigenvalue weighted by Gasteiger charge is 2.16. The minimum absolute atomic E-state index is 0.203. The zero-order valence-corrected chi connectivity index (χ0v) is 10.7. The van der Waals surface area contributed by atoms with Gasteiger partial charge in [0.1, 0.15) is 11.9 Å². The maximum Gasteiger partial charge on any atom is 0.252 e. The van der Waals surface area contributed by atoms with E-state index in [9.17, 15) is 14.0 Å². The van der Waals surface area contributed by atoms with Crippen LogP contribution in [0.4, 0.5) is 4.39 Å². The number of rotatable bonds is 4. The van der Waals surface area contributed by atoms with Crippen molar-refractivity contribution in [2.45, 2.75) is 26.8 Å². The Morgan fingerprint density at radius 1 is 1.39 bits per heavy atom. The fraction of sp³-hybridized carbons (Fsp3) is 0.385. The number of halogens is 1. The third kappa shape index (κ3) is 3.55. The first-order chi connectivity index (χ1) is 8.45. The predicted octanol–water partition coefficient (Wildman–Crippen LogP) is 1.39. The lowest BCUT2D eigenvalue weighted by Crippen LogP contribution is -2.44. The summed E-state index contributed by atoms with van der Waals surface area (Å²) in [5.74, 6) is -1.17. The Balaban J connectivity index is 2.70. The molecule has 4 nitrogen and oxygen atoms in total. The average molecular weight is 252 g/mol. The maximum absolute atomic E-state index is 13.3. The highest BCUT2D eigenvalue weighted by Crippen LogP contribution is 2.09. The summed E-state index contributed by atoms with van der Waals surface area (Å²) >= 11 is 0. The molecule has 1 aromatic carbocycles. The number of carbonyl (C=O) groups is 2. The molecule has 1 aromatic rings. The van der Waals surface area contributed by atoms with Gasteiger partial charge in [-0.1, -0.05) is 6.07 Å². The summed E-state index contributed by atoms with van der Waals surface area (Å²) < 4.78 is 13.3. The van der Waals surface area contributed by atoms with Gasteiger partial charge >= 0.3 is 0 Å². The van der Waals surface area contributed by atoms with Gasteiger partial charge in [-0.2, -0.15) is 0 Å². The van der Waals surface area contributed by atoms with Crippen LogP contribution in [0.2, 0.25) is 0 Å². The molecule has 0 aliphatic heterocycles. The molecule has 0 fully saturated rings. The van der Waals surface area contributed by atoms with Gasteiger partial charge in [0.15, 0.2) is 0 Å². The van der Waals surface area contributed by atoms with E-state index in [2.05, 4.69) is 10.6 Å². The van der Waals surface area contributed by atoms with E-state index < -0.39 is 17.8 Å². The third-order valence-corrected chi connectivity index (χ3v) is 2.53. The van der Waals surface area contributed by atoms with Crippen molar-refractivity contribution >= 4 is 11.8 Å². The minimum atomic E-state index is -0.651. The van der Waals surface area contributed by atoms with Crippen LogP contribution in [0.5, 0.6) is 0 Å². The van der Waals surface area contributed by atoms with Gasteiger partial charge < -0.3 is 10.6 Å². The molecular formula is C13H17FN2O2. The summed E-state index contributed by atoms with van der Waals surface area (Å²) in [5.41, 5.74) is 0.678. The smallest absolute Gasteiger partial charge is 0.252 e. The number of hydrogen-bond donors (Lipinski definition) is 2. The van der Waals surface area contributed by atoms with E-state index >= 15 is 0 Å². The SMILES string of the molecule is CCNC(=O)C(C)NC(=O)c1ccc(C)c(F)c1. The Bertz CT molecular complexity index is 460. The third-order valence-electron chi connectivity index (χ3n) is 2.53. The second-order valence-corrected chi connectivity index (χ2v) is 4.05. The van der Waals surface area contributed by atoms with Gasteiger partial charge in [0.2, 0.25) is 5.91 Å². The molecule has 0 aliphatic carbocycles. The minimum Gasteiger partial charge on any atom is -0.355 e. The number of nitrogens with one attached hydrogen (secondary N) is 2. The number of benzene rings is 1. The molecule has 0 heterocycles. The van der Waals surface area contributed by atoms with Crippen LogP contribution in [0.3, 0.4) is 0 Å². The number of carbonyl (C=O) groups excluding carboxylic acids is 2. The number of aryl methyl sites for hydroxylation is 1. The molecule has 5 heteroatoms. The highest BCUT2D eigenvalue weighted by atomic mass is 19.1. The summed E-state index contributed by atoms with van der Waals surface area (Å²) in [6.45, 7) is 5.49. The molecular weight excluding hydrogens is 235 g/mol. The molecule has 0 bridgehead atoms. The highest BCUT2D eigenvalue weighted by molar-refractivity contribution is 5.97. The van der Waals surface area contributed by atoms with Crippen LogP contribution in [0.25, 0.3) is 0 Å². The second-order valence-electron chi connectivity index (χ2n) is 4.05. The Morgan fingerprint density at radius 2 is 2.06 bits per heavy atom. The van der Waals surface area contributed by atoms with Gasteiger partial charge in [0.25, 0.3) is 5.91 Å². The lowest BCUT2D eigenvalue weighted by Gasteiger charge is -2.13. The molecule has 1 atom stereocenters. The van der Waals surface area contributed by atoms with E-state index in [0.717, 1.165) is 6.07 Å². The molecule has 0 saturated carbocycles. The van der Waals surface area contributed by atoms with Crippen molar-refractivity contribution in [3.63, 3.8) is 0 Å². The lowest BCUT2D eigenvalue weighted by atomic mass is 10.1. The summed E-state index contributed by atoms with van der Waals surface area (Å²) in [7, 11) is 0. The Morgan fingerprint density at radius 3 is 2.61 bits per heavy atom.